The molecule has 122 valence electrons. The van der Waals surface area contributed by atoms with Crippen LogP contribution in [0.15, 0.2) is 53.4 Å². The SMILES string of the molecule is CCS(=O)(=O)c1ccc(NC(=O)CCc2cccc(C)c2)cc1. The molecular formula is C18H21NO3S. The van der Waals surface area contributed by atoms with Gasteiger partial charge < -0.3 is 5.32 Å². The Hall–Kier alpha value is -2.14. The monoisotopic (exact) mass is 331 g/mol. The molecule has 0 heterocycles. The van der Waals surface area contributed by atoms with Gasteiger partial charge in [-0.05, 0) is 43.2 Å². The molecule has 0 aliphatic rings. The molecule has 2 aromatic rings. The van der Waals surface area contributed by atoms with Crippen LogP contribution in [0.2, 0.25) is 0 Å². The second-order valence-corrected chi connectivity index (χ2v) is 7.74. The van der Waals surface area contributed by atoms with Crippen LogP contribution in [0.4, 0.5) is 5.69 Å². The maximum absolute atomic E-state index is 12.0. The Bertz CT molecular complexity index is 780. The van der Waals surface area contributed by atoms with Crippen LogP contribution in [0.5, 0.6) is 0 Å². The minimum absolute atomic E-state index is 0.0647. The summed E-state index contributed by atoms with van der Waals surface area (Å²) in [4.78, 5) is 12.3. The van der Waals surface area contributed by atoms with Gasteiger partial charge in [0.25, 0.3) is 0 Å². The van der Waals surface area contributed by atoms with Gasteiger partial charge in [-0.25, -0.2) is 8.42 Å². The van der Waals surface area contributed by atoms with E-state index in [9.17, 15) is 13.2 Å². The van der Waals surface area contributed by atoms with Gasteiger partial charge in [-0.1, -0.05) is 36.8 Å². The Balaban J connectivity index is 1.93. The topological polar surface area (TPSA) is 63.2 Å². The van der Waals surface area contributed by atoms with E-state index in [-0.39, 0.29) is 16.6 Å². The molecule has 0 fully saturated rings. The van der Waals surface area contributed by atoms with E-state index >= 15 is 0 Å². The number of anilines is 1. The van der Waals surface area contributed by atoms with Crippen LogP contribution in [0, 0.1) is 6.92 Å². The molecule has 5 heteroatoms. The highest BCUT2D eigenvalue weighted by molar-refractivity contribution is 7.91. The summed E-state index contributed by atoms with van der Waals surface area (Å²) in [6.45, 7) is 3.63. The molecule has 0 spiro atoms. The summed E-state index contributed by atoms with van der Waals surface area (Å²) in [5, 5.41) is 2.79. The number of amides is 1. The highest BCUT2D eigenvalue weighted by Gasteiger charge is 2.11. The zero-order valence-corrected chi connectivity index (χ0v) is 14.2. The molecule has 0 unspecified atom stereocenters. The number of carbonyl (C=O) groups excluding carboxylic acids is 1. The molecule has 0 aliphatic carbocycles. The van der Waals surface area contributed by atoms with Crippen LogP contribution in [-0.2, 0) is 21.1 Å². The van der Waals surface area contributed by atoms with Gasteiger partial charge >= 0.3 is 0 Å². The van der Waals surface area contributed by atoms with Crippen molar-refractivity contribution in [2.45, 2.75) is 31.6 Å². The fourth-order valence-electron chi connectivity index (χ4n) is 2.26. The lowest BCUT2D eigenvalue weighted by atomic mass is 10.1. The van der Waals surface area contributed by atoms with Gasteiger partial charge in [0.1, 0.15) is 0 Å². The molecule has 1 N–H and O–H groups in total. The zero-order valence-electron chi connectivity index (χ0n) is 13.4. The predicted molar refractivity (Wildman–Crippen MR) is 92.3 cm³/mol. The fraction of sp³-hybridized carbons (Fsp3) is 0.278. The van der Waals surface area contributed by atoms with Crippen LogP contribution in [0.25, 0.3) is 0 Å². The lowest BCUT2D eigenvalue weighted by Gasteiger charge is -2.07. The first kappa shape index (κ1) is 17.2. The van der Waals surface area contributed by atoms with E-state index in [1.807, 2.05) is 25.1 Å². The summed E-state index contributed by atoms with van der Waals surface area (Å²) in [6, 6.07) is 14.4. The van der Waals surface area contributed by atoms with Crippen molar-refractivity contribution in [3.05, 3.63) is 59.7 Å². The summed E-state index contributed by atoms with van der Waals surface area (Å²) in [6.07, 6.45) is 1.06. The zero-order chi connectivity index (χ0) is 16.9. The Labute approximate surface area is 137 Å². The number of carbonyl (C=O) groups is 1. The summed E-state index contributed by atoms with van der Waals surface area (Å²) in [5.74, 6) is -0.0209. The molecule has 0 aliphatic heterocycles. The second kappa shape index (κ2) is 7.42. The summed E-state index contributed by atoms with van der Waals surface area (Å²) in [5.41, 5.74) is 2.91. The molecule has 23 heavy (non-hydrogen) atoms. The number of nitrogens with one attached hydrogen (secondary N) is 1. The van der Waals surface area contributed by atoms with E-state index in [1.54, 1.807) is 19.1 Å². The molecule has 4 nitrogen and oxygen atoms in total. The largest absolute Gasteiger partial charge is 0.326 e. The third kappa shape index (κ3) is 4.93. The Morgan fingerprint density at radius 2 is 1.78 bits per heavy atom. The van der Waals surface area contributed by atoms with E-state index in [0.29, 0.717) is 18.5 Å². The van der Waals surface area contributed by atoms with Crippen molar-refractivity contribution in [1.29, 1.82) is 0 Å². The van der Waals surface area contributed by atoms with Crippen molar-refractivity contribution in [2.75, 3.05) is 11.1 Å². The van der Waals surface area contributed by atoms with Crippen LogP contribution < -0.4 is 5.32 Å². The van der Waals surface area contributed by atoms with Crippen molar-refractivity contribution in [3.63, 3.8) is 0 Å². The van der Waals surface area contributed by atoms with E-state index in [0.717, 1.165) is 5.56 Å². The molecule has 0 atom stereocenters. The van der Waals surface area contributed by atoms with Crippen LogP contribution in [0.3, 0.4) is 0 Å². The molecular weight excluding hydrogens is 310 g/mol. The van der Waals surface area contributed by atoms with Gasteiger partial charge in [0.2, 0.25) is 5.91 Å². The minimum atomic E-state index is -3.21. The molecule has 0 radical (unpaired) electrons. The number of rotatable bonds is 6. The number of hydrogen-bond acceptors (Lipinski definition) is 3. The van der Waals surface area contributed by atoms with E-state index in [1.165, 1.54) is 17.7 Å². The van der Waals surface area contributed by atoms with E-state index in [4.69, 9.17) is 0 Å². The Morgan fingerprint density at radius 1 is 1.09 bits per heavy atom. The molecule has 2 rings (SSSR count). The first-order chi connectivity index (χ1) is 10.9. The number of hydrogen-bond donors (Lipinski definition) is 1. The van der Waals surface area contributed by atoms with Crippen LogP contribution >= 0.6 is 0 Å². The van der Waals surface area contributed by atoms with E-state index < -0.39 is 9.84 Å². The second-order valence-electron chi connectivity index (χ2n) is 5.47. The number of aryl methyl sites for hydroxylation is 2. The van der Waals surface area contributed by atoms with Crippen LogP contribution in [-0.4, -0.2) is 20.1 Å². The third-order valence-corrected chi connectivity index (χ3v) is 5.35. The first-order valence-electron chi connectivity index (χ1n) is 7.59. The average Bonchev–Trinajstić information content (AvgIpc) is 2.53. The first-order valence-corrected chi connectivity index (χ1v) is 9.24. The smallest absolute Gasteiger partial charge is 0.224 e. The van der Waals surface area contributed by atoms with Crippen molar-refractivity contribution < 1.29 is 13.2 Å². The van der Waals surface area contributed by atoms with Gasteiger partial charge in [0.05, 0.1) is 10.6 Å². The van der Waals surface area contributed by atoms with Crippen molar-refractivity contribution in [2.24, 2.45) is 0 Å². The maximum atomic E-state index is 12.0. The molecule has 0 aromatic heterocycles. The molecule has 0 bridgehead atoms. The predicted octanol–water partition coefficient (Wildman–Crippen LogP) is 3.36. The summed E-state index contributed by atoms with van der Waals surface area (Å²) >= 11 is 0. The molecule has 0 saturated heterocycles. The lowest BCUT2D eigenvalue weighted by Crippen LogP contribution is -2.12. The number of benzene rings is 2. The highest BCUT2D eigenvalue weighted by Crippen LogP contribution is 2.16. The lowest BCUT2D eigenvalue weighted by molar-refractivity contribution is -0.116. The van der Waals surface area contributed by atoms with Gasteiger partial charge in [0.15, 0.2) is 9.84 Å². The highest BCUT2D eigenvalue weighted by atomic mass is 32.2. The Kier molecular flexibility index (Phi) is 5.55. The van der Waals surface area contributed by atoms with Crippen molar-refractivity contribution in [3.8, 4) is 0 Å². The van der Waals surface area contributed by atoms with E-state index in [2.05, 4.69) is 11.4 Å². The minimum Gasteiger partial charge on any atom is -0.326 e. The summed E-state index contributed by atoms with van der Waals surface area (Å²) in [7, 11) is -3.21. The summed E-state index contributed by atoms with van der Waals surface area (Å²) < 4.78 is 23.5. The van der Waals surface area contributed by atoms with Crippen LogP contribution in [0.1, 0.15) is 24.5 Å². The maximum Gasteiger partial charge on any atom is 0.224 e. The van der Waals surface area contributed by atoms with Crippen molar-refractivity contribution >= 4 is 21.4 Å². The molecule has 1 amide bonds. The quantitative estimate of drug-likeness (QED) is 0.883. The van der Waals surface area contributed by atoms with Gasteiger partial charge in [0, 0.05) is 12.1 Å². The molecule has 0 saturated carbocycles. The molecule has 2 aromatic carbocycles. The van der Waals surface area contributed by atoms with Crippen molar-refractivity contribution in [1.82, 2.24) is 0 Å². The normalized spacial score (nSPS) is 11.2. The average molecular weight is 331 g/mol. The standard InChI is InChI=1S/C18H21NO3S/c1-3-23(21,22)17-10-8-16(9-11-17)19-18(20)12-7-15-6-4-5-14(2)13-15/h4-6,8-11,13H,3,7,12H2,1-2H3,(H,19,20). The fourth-order valence-corrected chi connectivity index (χ4v) is 3.15. The van der Waals surface area contributed by atoms with Gasteiger partial charge in [-0.15, -0.1) is 0 Å². The number of sulfone groups is 1. The van der Waals surface area contributed by atoms with Gasteiger partial charge in [-0.2, -0.15) is 0 Å². The van der Waals surface area contributed by atoms with Gasteiger partial charge in [-0.3, -0.25) is 4.79 Å². The third-order valence-electron chi connectivity index (χ3n) is 3.60. The Morgan fingerprint density at radius 3 is 2.39 bits per heavy atom.